The number of nitrogens with two attached hydrogens (primary N) is 1. The molecule has 0 amide bonds. The SMILES string of the molecule is CC(C)(N)CN1CCC[C@H](O)C1.Cl. The molecule has 0 saturated carbocycles. The second-order valence-electron chi connectivity index (χ2n) is 4.52. The molecule has 0 spiro atoms. The monoisotopic (exact) mass is 208 g/mol. The van der Waals surface area contributed by atoms with E-state index in [0.717, 1.165) is 32.5 Å². The normalized spacial score (nSPS) is 25.4. The molecule has 1 atom stereocenters. The van der Waals surface area contributed by atoms with E-state index in [-0.39, 0.29) is 24.0 Å². The van der Waals surface area contributed by atoms with Crippen molar-refractivity contribution in [2.24, 2.45) is 5.73 Å². The molecule has 3 N–H and O–H groups in total. The highest BCUT2D eigenvalue weighted by molar-refractivity contribution is 5.85. The third kappa shape index (κ3) is 5.47. The van der Waals surface area contributed by atoms with Gasteiger partial charge in [-0.25, -0.2) is 0 Å². The molecule has 1 aliphatic heterocycles. The second kappa shape index (κ2) is 5.15. The fourth-order valence-electron chi connectivity index (χ4n) is 1.75. The number of likely N-dealkylation sites (tertiary alicyclic amines) is 1. The maximum atomic E-state index is 9.39. The van der Waals surface area contributed by atoms with E-state index in [1.807, 2.05) is 13.8 Å². The number of β-amino-alcohol motifs (C(OH)–C–C–N with tert-alkyl or cyclic N) is 1. The number of nitrogens with zero attached hydrogens (tertiary/aromatic N) is 1. The van der Waals surface area contributed by atoms with Gasteiger partial charge in [0.1, 0.15) is 0 Å². The van der Waals surface area contributed by atoms with Crippen LogP contribution in [0, 0.1) is 0 Å². The van der Waals surface area contributed by atoms with E-state index in [1.165, 1.54) is 0 Å². The Morgan fingerprint density at radius 3 is 2.62 bits per heavy atom. The van der Waals surface area contributed by atoms with E-state index in [9.17, 15) is 5.11 Å². The maximum absolute atomic E-state index is 9.39. The van der Waals surface area contributed by atoms with Crippen molar-refractivity contribution in [2.75, 3.05) is 19.6 Å². The highest BCUT2D eigenvalue weighted by Crippen LogP contribution is 2.12. The largest absolute Gasteiger partial charge is 0.392 e. The average molecular weight is 209 g/mol. The molecular weight excluding hydrogens is 188 g/mol. The Balaban J connectivity index is 0.00000144. The van der Waals surface area contributed by atoms with Gasteiger partial charge in [-0.3, -0.25) is 4.90 Å². The van der Waals surface area contributed by atoms with Crippen LogP contribution in [0.4, 0.5) is 0 Å². The second-order valence-corrected chi connectivity index (χ2v) is 4.52. The van der Waals surface area contributed by atoms with Crippen LogP contribution in [0.1, 0.15) is 26.7 Å². The zero-order valence-corrected chi connectivity index (χ0v) is 9.31. The first-order chi connectivity index (χ1) is 5.47. The fourth-order valence-corrected chi connectivity index (χ4v) is 1.75. The quantitative estimate of drug-likeness (QED) is 0.699. The minimum absolute atomic E-state index is 0. The summed E-state index contributed by atoms with van der Waals surface area (Å²) in [4.78, 5) is 2.24. The Labute approximate surface area is 86.7 Å². The molecule has 0 bridgehead atoms. The summed E-state index contributed by atoms with van der Waals surface area (Å²) >= 11 is 0. The molecule has 1 aliphatic rings. The van der Waals surface area contributed by atoms with E-state index >= 15 is 0 Å². The smallest absolute Gasteiger partial charge is 0.0667 e. The number of halogens is 1. The van der Waals surface area contributed by atoms with Crippen LogP contribution in [0.5, 0.6) is 0 Å². The first-order valence-corrected chi connectivity index (χ1v) is 4.67. The molecule has 0 aromatic heterocycles. The van der Waals surface area contributed by atoms with Gasteiger partial charge in [0.05, 0.1) is 6.10 Å². The van der Waals surface area contributed by atoms with Crippen molar-refractivity contribution in [3.8, 4) is 0 Å². The van der Waals surface area contributed by atoms with Gasteiger partial charge in [-0.15, -0.1) is 12.4 Å². The van der Waals surface area contributed by atoms with Gasteiger partial charge >= 0.3 is 0 Å². The average Bonchev–Trinajstić information content (AvgIpc) is 1.82. The molecule has 0 aliphatic carbocycles. The number of hydrogen-bond acceptors (Lipinski definition) is 3. The van der Waals surface area contributed by atoms with Crippen molar-refractivity contribution in [1.82, 2.24) is 4.90 Å². The highest BCUT2D eigenvalue weighted by Gasteiger charge is 2.22. The molecule has 4 heteroatoms. The molecule has 1 saturated heterocycles. The third-order valence-electron chi connectivity index (χ3n) is 2.11. The van der Waals surface area contributed by atoms with E-state index in [0.29, 0.717) is 0 Å². The van der Waals surface area contributed by atoms with Crippen LogP contribution >= 0.6 is 12.4 Å². The van der Waals surface area contributed by atoms with E-state index in [1.54, 1.807) is 0 Å². The van der Waals surface area contributed by atoms with E-state index in [2.05, 4.69) is 4.90 Å². The fraction of sp³-hybridized carbons (Fsp3) is 1.00. The topological polar surface area (TPSA) is 49.5 Å². The lowest BCUT2D eigenvalue weighted by Crippen LogP contribution is -2.49. The van der Waals surface area contributed by atoms with Gasteiger partial charge < -0.3 is 10.8 Å². The summed E-state index contributed by atoms with van der Waals surface area (Å²) in [6.07, 6.45) is 1.90. The number of hydrogen-bond donors (Lipinski definition) is 2. The van der Waals surface area contributed by atoms with Crippen LogP contribution in [-0.4, -0.2) is 41.3 Å². The minimum Gasteiger partial charge on any atom is -0.392 e. The molecule has 1 heterocycles. The summed E-state index contributed by atoms with van der Waals surface area (Å²) in [5.41, 5.74) is 5.75. The molecule has 0 aromatic carbocycles. The van der Waals surface area contributed by atoms with Gasteiger partial charge in [-0.05, 0) is 33.2 Å². The van der Waals surface area contributed by atoms with Crippen molar-refractivity contribution >= 4 is 12.4 Å². The molecule has 13 heavy (non-hydrogen) atoms. The summed E-state index contributed by atoms with van der Waals surface area (Å²) in [5.74, 6) is 0. The Hall–Kier alpha value is 0.170. The molecule has 80 valence electrons. The van der Waals surface area contributed by atoms with Crippen LogP contribution in [0.15, 0.2) is 0 Å². The Morgan fingerprint density at radius 1 is 1.54 bits per heavy atom. The third-order valence-corrected chi connectivity index (χ3v) is 2.11. The number of rotatable bonds is 2. The van der Waals surface area contributed by atoms with Gasteiger partial charge in [0.25, 0.3) is 0 Å². The Kier molecular flexibility index (Phi) is 5.22. The van der Waals surface area contributed by atoms with Crippen LogP contribution < -0.4 is 5.73 Å². The molecular formula is C9H21ClN2O. The van der Waals surface area contributed by atoms with Crippen LogP contribution in [-0.2, 0) is 0 Å². The number of piperidine rings is 1. The molecule has 0 radical (unpaired) electrons. The van der Waals surface area contributed by atoms with Crippen molar-refractivity contribution in [3.63, 3.8) is 0 Å². The van der Waals surface area contributed by atoms with Crippen molar-refractivity contribution in [3.05, 3.63) is 0 Å². The number of aliphatic hydroxyl groups excluding tert-OH is 1. The standard InChI is InChI=1S/C9H20N2O.ClH/c1-9(2,10)7-11-5-3-4-8(12)6-11;/h8,12H,3-7,10H2,1-2H3;1H/t8-;/m0./s1. The molecule has 1 fully saturated rings. The van der Waals surface area contributed by atoms with Crippen molar-refractivity contribution < 1.29 is 5.11 Å². The Morgan fingerprint density at radius 2 is 2.15 bits per heavy atom. The van der Waals surface area contributed by atoms with Crippen molar-refractivity contribution in [2.45, 2.75) is 38.3 Å². The lowest BCUT2D eigenvalue weighted by atomic mass is 10.0. The minimum atomic E-state index is -0.142. The summed E-state index contributed by atoms with van der Waals surface area (Å²) < 4.78 is 0. The van der Waals surface area contributed by atoms with Gasteiger partial charge in [0.15, 0.2) is 0 Å². The first kappa shape index (κ1) is 13.2. The van der Waals surface area contributed by atoms with Gasteiger partial charge in [-0.1, -0.05) is 0 Å². The summed E-state index contributed by atoms with van der Waals surface area (Å²) in [5, 5.41) is 9.39. The summed E-state index contributed by atoms with van der Waals surface area (Å²) in [6, 6.07) is 0. The van der Waals surface area contributed by atoms with Crippen LogP contribution in [0.2, 0.25) is 0 Å². The zero-order chi connectivity index (χ0) is 9.19. The van der Waals surface area contributed by atoms with E-state index in [4.69, 9.17) is 5.73 Å². The zero-order valence-electron chi connectivity index (χ0n) is 8.49. The molecule has 1 rings (SSSR count). The highest BCUT2D eigenvalue weighted by atomic mass is 35.5. The first-order valence-electron chi connectivity index (χ1n) is 4.67. The summed E-state index contributed by atoms with van der Waals surface area (Å²) in [6.45, 7) is 6.80. The van der Waals surface area contributed by atoms with Gasteiger partial charge in [0.2, 0.25) is 0 Å². The van der Waals surface area contributed by atoms with Crippen LogP contribution in [0.3, 0.4) is 0 Å². The Bertz CT molecular complexity index is 147. The van der Waals surface area contributed by atoms with Crippen molar-refractivity contribution in [1.29, 1.82) is 0 Å². The van der Waals surface area contributed by atoms with Gasteiger partial charge in [-0.2, -0.15) is 0 Å². The van der Waals surface area contributed by atoms with Crippen LogP contribution in [0.25, 0.3) is 0 Å². The predicted octanol–water partition coefficient (Wildman–Crippen LogP) is 0.602. The van der Waals surface area contributed by atoms with Gasteiger partial charge in [0, 0.05) is 18.6 Å². The lowest BCUT2D eigenvalue weighted by molar-refractivity contribution is 0.0616. The summed E-state index contributed by atoms with van der Waals surface area (Å²) in [7, 11) is 0. The number of aliphatic hydroxyl groups is 1. The maximum Gasteiger partial charge on any atom is 0.0667 e. The molecule has 0 unspecified atom stereocenters. The predicted molar refractivity (Wildman–Crippen MR) is 57.2 cm³/mol. The molecule has 3 nitrogen and oxygen atoms in total. The van der Waals surface area contributed by atoms with E-state index < -0.39 is 0 Å². The molecule has 0 aromatic rings. The lowest BCUT2D eigenvalue weighted by Gasteiger charge is -2.34.